The van der Waals surface area contributed by atoms with E-state index in [9.17, 15) is 14.4 Å². The van der Waals surface area contributed by atoms with E-state index in [0.717, 1.165) is 4.90 Å². The Balaban J connectivity index is 2.48. The van der Waals surface area contributed by atoms with Gasteiger partial charge in [-0.05, 0) is 22.6 Å². The Bertz CT molecular complexity index is 562. The van der Waals surface area contributed by atoms with E-state index in [2.05, 4.69) is 4.98 Å². The monoisotopic (exact) mass is 346 g/mol. The summed E-state index contributed by atoms with van der Waals surface area (Å²) in [4.78, 5) is 39.1. The maximum atomic E-state index is 12.0. The van der Waals surface area contributed by atoms with Crippen molar-refractivity contribution in [1.82, 2.24) is 4.98 Å². The van der Waals surface area contributed by atoms with Gasteiger partial charge in [0.05, 0.1) is 8.99 Å². The Hall–Kier alpha value is -1.18. The van der Waals surface area contributed by atoms with E-state index >= 15 is 0 Å². The molecule has 1 aromatic rings. The molecule has 1 aliphatic heterocycles. The number of aromatic amines is 1. The van der Waals surface area contributed by atoms with E-state index in [1.165, 1.54) is 12.3 Å². The second-order valence-corrected chi connectivity index (χ2v) is 5.79. The van der Waals surface area contributed by atoms with E-state index in [-0.39, 0.29) is 29.5 Å². The lowest BCUT2D eigenvalue weighted by Crippen LogP contribution is -2.34. The van der Waals surface area contributed by atoms with Crippen LogP contribution in [-0.2, 0) is 9.59 Å². The molecule has 0 spiro atoms. The number of hydrogen-bond acceptors (Lipinski definition) is 3. The maximum Gasteiger partial charge on any atom is 0.241 e. The molecule has 2 rings (SSSR count). The summed E-state index contributed by atoms with van der Waals surface area (Å²) in [5.41, 5.74) is -0.901. The second-order valence-electron chi connectivity index (χ2n) is 4.63. The number of amides is 2. The Morgan fingerprint density at radius 1 is 1.35 bits per heavy atom. The molecule has 1 N–H and O–H groups in total. The lowest BCUT2D eigenvalue weighted by molar-refractivity contribution is -0.124. The van der Waals surface area contributed by atoms with Crippen LogP contribution in [0.5, 0.6) is 0 Å². The molecule has 2 heterocycles. The predicted molar refractivity (Wildman–Crippen MR) is 70.7 cm³/mol. The van der Waals surface area contributed by atoms with Crippen molar-refractivity contribution in [3.05, 3.63) is 26.1 Å². The Morgan fingerprint density at radius 3 is 2.47 bits per heavy atom. The van der Waals surface area contributed by atoms with Crippen LogP contribution in [0.1, 0.15) is 20.3 Å². The van der Waals surface area contributed by atoms with Crippen LogP contribution >= 0.6 is 22.6 Å². The average molecular weight is 346 g/mol. The summed E-state index contributed by atoms with van der Waals surface area (Å²) < 4.78 is 0.518. The fraction of sp³-hybridized carbons (Fsp3) is 0.364. The van der Waals surface area contributed by atoms with Crippen LogP contribution < -0.4 is 10.3 Å². The Morgan fingerprint density at radius 2 is 2.00 bits per heavy atom. The smallest absolute Gasteiger partial charge is 0.241 e. The van der Waals surface area contributed by atoms with Crippen LogP contribution in [0.2, 0.25) is 0 Å². The van der Waals surface area contributed by atoms with E-state index in [4.69, 9.17) is 0 Å². The highest BCUT2D eigenvalue weighted by Crippen LogP contribution is 2.33. The van der Waals surface area contributed by atoms with Gasteiger partial charge in [-0.15, -0.1) is 0 Å². The third-order valence-electron chi connectivity index (χ3n) is 2.72. The molecule has 2 amide bonds. The summed E-state index contributed by atoms with van der Waals surface area (Å²) >= 11 is 1.89. The molecule has 5 nitrogen and oxygen atoms in total. The zero-order valence-corrected chi connectivity index (χ0v) is 11.6. The number of nitrogens with one attached hydrogen (secondary N) is 1. The van der Waals surface area contributed by atoms with E-state index in [1.54, 1.807) is 13.8 Å². The highest BCUT2D eigenvalue weighted by Gasteiger charge is 2.45. The highest BCUT2D eigenvalue weighted by molar-refractivity contribution is 14.1. The summed E-state index contributed by atoms with van der Waals surface area (Å²) in [6.07, 6.45) is 1.66. The summed E-state index contributed by atoms with van der Waals surface area (Å²) in [5.74, 6) is -0.313. The molecule has 1 aromatic heterocycles. The van der Waals surface area contributed by atoms with Crippen molar-refractivity contribution in [2.75, 3.05) is 4.90 Å². The first kappa shape index (κ1) is 12.3. The molecule has 0 radical (unpaired) electrons. The second kappa shape index (κ2) is 3.94. The van der Waals surface area contributed by atoms with Gasteiger partial charge < -0.3 is 4.98 Å². The SMILES string of the molecule is CC1(C)CC(=O)N(c2cc(=O)c(I)c[nH]2)C1=O. The first-order valence-corrected chi connectivity index (χ1v) is 6.16. The van der Waals surface area contributed by atoms with Crippen LogP contribution in [-0.4, -0.2) is 16.8 Å². The van der Waals surface area contributed by atoms with Crippen molar-refractivity contribution in [3.63, 3.8) is 0 Å². The van der Waals surface area contributed by atoms with Gasteiger partial charge >= 0.3 is 0 Å². The number of rotatable bonds is 1. The van der Waals surface area contributed by atoms with Gasteiger partial charge in [-0.1, -0.05) is 13.8 Å². The van der Waals surface area contributed by atoms with Gasteiger partial charge in [0.15, 0.2) is 5.43 Å². The van der Waals surface area contributed by atoms with Crippen molar-refractivity contribution in [3.8, 4) is 0 Å². The standard InChI is InChI=1S/C11H11IN2O3/c1-11(2)4-9(16)14(10(11)17)8-3-7(15)6(12)5-13-8/h3,5H,4H2,1-2H3,(H,13,15). The molecule has 1 aliphatic rings. The molecular weight excluding hydrogens is 335 g/mol. The minimum Gasteiger partial charge on any atom is -0.346 e. The van der Waals surface area contributed by atoms with Gasteiger partial charge in [-0.3, -0.25) is 14.4 Å². The summed E-state index contributed by atoms with van der Waals surface area (Å²) in [6, 6.07) is 1.28. The molecule has 6 heteroatoms. The maximum absolute atomic E-state index is 12.0. The van der Waals surface area contributed by atoms with Gasteiger partial charge in [0, 0.05) is 18.7 Å². The number of halogens is 1. The number of anilines is 1. The lowest BCUT2D eigenvalue weighted by Gasteiger charge is -2.17. The molecule has 1 fully saturated rings. The molecule has 0 aliphatic carbocycles. The van der Waals surface area contributed by atoms with Crippen molar-refractivity contribution in [2.24, 2.45) is 5.41 Å². The number of carbonyl (C=O) groups excluding carboxylic acids is 2. The van der Waals surface area contributed by atoms with Gasteiger partial charge in [-0.25, -0.2) is 4.90 Å². The molecule has 0 saturated carbocycles. The van der Waals surface area contributed by atoms with E-state index in [1.807, 2.05) is 22.6 Å². The van der Waals surface area contributed by atoms with Gasteiger partial charge in [0.1, 0.15) is 5.82 Å². The largest absolute Gasteiger partial charge is 0.346 e. The predicted octanol–water partition coefficient (Wildman–Crippen LogP) is 1.27. The minimum atomic E-state index is -0.697. The summed E-state index contributed by atoms with van der Waals surface area (Å²) in [5, 5.41) is 0. The Kier molecular flexibility index (Phi) is 2.84. The van der Waals surface area contributed by atoms with Gasteiger partial charge in [0.25, 0.3) is 0 Å². The zero-order chi connectivity index (χ0) is 12.8. The summed E-state index contributed by atoms with van der Waals surface area (Å²) in [6.45, 7) is 3.44. The minimum absolute atomic E-state index is 0.167. The van der Waals surface area contributed by atoms with Gasteiger partial charge in [-0.2, -0.15) is 0 Å². The van der Waals surface area contributed by atoms with Gasteiger partial charge in [0.2, 0.25) is 11.8 Å². The van der Waals surface area contributed by atoms with E-state index in [0.29, 0.717) is 3.57 Å². The van der Waals surface area contributed by atoms with Crippen LogP contribution in [0.15, 0.2) is 17.1 Å². The first-order chi connectivity index (χ1) is 7.83. The van der Waals surface area contributed by atoms with Crippen LogP contribution in [0.25, 0.3) is 0 Å². The highest BCUT2D eigenvalue weighted by atomic mass is 127. The lowest BCUT2D eigenvalue weighted by atomic mass is 9.92. The van der Waals surface area contributed by atoms with Crippen molar-refractivity contribution < 1.29 is 9.59 Å². The van der Waals surface area contributed by atoms with Crippen LogP contribution in [0, 0.1) is 8.99 Å². The summed E-state index contributed by atoms with van der Waals surface area (Å²) in [7, 11) is 0. The zero-order valence-electron chi connectivity index (χ0n) is 9.41. The molecular formula is C11H11IN2O3. The topological polar surface area (TPSA) is 70.2 Å². The van der Waals surface area contributed by atoms with Crippen molar-refractivity contribution in [1.29, 1.82) is 0 Å². The molecule has 17 heavy (non-hydrogen) atoms. The Labute approximate surface area is 111 Å². The number of imide groups is 1. The number of pyridine rings is 1. The average Bonchev–Trinajstić information content (AvgIpc) is 2.42. The van der Waals surface area contributed by atoms with Crippen molar-refractivity contribution >= 4 is 40.2 Å². The van der Waals surface area contributed by atoms with Crippen LogP contribution in [0.3, 0.4) is 0 Å². The fourth-order valence-electron chi connectivity index (χ4n) is 1.76. The molecule has 0 atom stereocenters. The van der Waals surface area contributed by atoms with Crippen molar-refractivity contribution in [2.45, 2.75) is 20.3 Å². The normalized spacial score (nSPS) is 18.9. The molecule has 0 aromatic carbocycles. The number of H-pyrrole nitrogens is 1. The quantitative estimate of drug-likeness (QED) is 0.615. The fourth-order valence-corrected chi connectivity index (χ4v) is 2.08. The number of carbonyl (C=O) groups is 2. The number of nitrogens with zero attached hydrogens (tertiary/aromatic N) is 1. The third-order valence-corrected chi connectivity index (χ3v) is 3.56. The molecule has 1 saturated heterocycles. The van der Waals surface area contributed by atoms with E-state index < -0.39 is 5.41 Å². The molecule has 0 unspecified atom stereocenters. The third kappa shape index (κ3) is 2.01. The molecule has 90 valence electrons. The number of hydrogen-bond donors (Lipinski definition) is 1. The molecule has 0 bridgehead atoms. The first-order valence-electron chi connectivity index (χ1n) is 5.08. The van der Waals surface area contributed by atoms with Crippen LogP contribution in [0.4, 0.5) is 5.82 Å². The number of aromatic nitrogens is 1.